The van der Waals surface area contributed by atoms with E-state index in [0.717, 1.165) is 23.6 Å². The van der Waals surface area contributed by atoms with Crippen molar-refractivity contribution in [2.75, 3.05) is 0 Å². The number of aromatic nitrogens is 4. The summed E-state index contributed by atoms with van der Waals surface area (Å²) in [7, 11) is 0. The lowest BCUT2D eigenvalue weighted by Gasteiger charge is -2.04. The maximum absolute atomic E-state index is 4.20. The van der Waals surface area contributed by atoms with Crippen LogP contribution in [0.5, 0.6) is 0 Å². The second-order valence-electron chi connectivity index (χ2n) is 3.90. The molecule has 2 aromatic rings. The molecule has 16 heavy (non-hydrogen) atoms. The first-order valence-electron chi connectivity index (χ1n) is 5.30. The summed E-state index contributed by atoms with van der Waals surface area (Å²) in [5.41, 5.74) is 2.66. The highest BCUT2D eigenvalue weighted by molar-refractivity contribution is 5.52. The van der Waals surface area contributed by atoms with Gasteiger partial charge in [-0.15, -0.1) is 0 Å². The van der Waals surface area contributed by atoms with E-state index in [1.807, 2.05) is 6.07 Å². The number of nitrogens with zero attached hydrogens (tertiary/aromatic N) is 3. The quantitative estimate of drug-likeness (QED) is 0.811. The van der Waals surface area contributed by atoms with Crippen LogP contribution in [0.15, 0.2) is 24.7 Å². The first-order valence-corrected chi connectivity index (χ1v) is 5.30. The van der Waals surface area contributed by atoms with E-state index < -0.39 is 0 Å². The minimum atomic E-state index is 0.461. The molecule has 0 aliphatic carbocycles. The third-order valence-corrected chi connectivity index (χ3v) is 2.16. The van der Waals surface area contributed by atoms with Crippen LogP contribution in [-0.4, -0.2) is 26.2 Å². The van der Waals surface area contributed by atoms with Crippen molar-refractivity contribution in [2.45, 2.75) is 26.4 Å². The summed E-state index contributed by atoms with van der Waals surface area (Å²) in [5.74, 6) is 0. The van der Waals surface area contributed by atoms with Gasteiger partial charge in [0.1, 0.15) is 11.4 Å². The molecule has 0 aromatic carbocycles. The van der Waals surface area contributed by atoms with Crippen molar-refractivity contribution in [3.05, 3.63) is 30.4 Å². The third kappa shape index (κ3) is 2.64. The maximum atomic E-state index is 4.20. The fourth-order valence-corrected chi connectivity index (χ4v) is 1.33. The average molecular weight is 217 g/mol. The van der Waals surface area contributed by atoms with E-state index in [-0.39, 0.29) is 0 Å². The fraction of sp³-hybridized carbons (Fsp3) is 0.364. The number of aromatic amines is 1. The molecule has 5 nitrogen and oxygen atoms in total. The lowest BCUT2D eigenvalue weighted by molar-refractivity contribution is 0.580. The van der Waals surface area contributed by atoms with Crippen molar-refractivity contribution in [2.24, 2.45) is 0 Å². The summed E-state index contributed by atoms with van der Waals surface area (Å²) >= 11 is 0. The van der Waals surface area contributed by atoms with Gasteiger partial charge in [0.25, 0.3) is 0 Å². The molecule has 2 heterocycles. The Morgan fingerprint density at radius 3 is 2.88 bits per heavy atom. The molecule has 0 aliphatic heterocycles. The van der Waals surface area contributed by atoms with Gasteiger partial charge in [-0.25, -0.2) is 0 Å². The number of nitrogens with one attached hydrogen (secondary N) is 2. The third-order valence-electron chi connectivity index (χ3n) is 2.16. The molecule has 84 valence electrons. The average Bonchev–Trinajstić information content (AvgIpc) is 2.76. The number of hydrogen-bond acceptors (Lipinski definition) is 4. The van der Waals surface area contributed by atoms with Gasteiger partial charge in [0.05, 0.1) is 6.20 Å². The molecular formula is C11H15N5. The summed E-state index contributed by atoms with van der Waals surface area (Å²) in [4.78, 5) is 8.20. The minimum Gasteiger partial charge on any atom is -0.309 e. The predicted molar refractivity (Wildman–Crippen MR) is 61.6 cm³/mol. The summed E-state index contributed by atoms with van der Waals surface area (Å²) in [6.45, 7) is 5.00. The van der Waals surface area contributed by atoms with Crippen molar-refractivity contribution >= 4 is 0 Å². The molecule has 0 atom stereocenters. The first-order chi connectivity index (χ1) is 7.75. The number of H-pyrrole nitrogens is 1. The minimum absolute atomic E-state index is 0.461. The highest BCUT2D eigenvalue weighted by atomic mass is 15.1. The Bertz CT molecular complexity index is 435. The van der Waals surface area contributed by atoms with Gasteiger partial charge in [-0.3, -0.25) is 15.1 Å². The second kappa shape index (κ2) is 4.85. The molecule has 2 aromatic heterocycles. The Morgan fingerprint density at radius 2 is 2.19 bits per heavy atom. The van der Waals surface area contributed by atoms with Gasteiger partial charge in [0.15, 0.2) is 0 Å². The van der Waals surface area contributed by atoms with E-state index in [2.05, 4.69) is 39.3 Å². The Labute approximate surface area is 94.3 Å². The van der Waals surface area contributed by atoms with E-state index in [4.69, 9.17) is 0 Å². The zero-order valence-electron chi connectivity index (χ0n) is 9.44. The van der Waals surface area contributed by atoms with E-state index in [0.29, 0.717) is 6.04 Å². The number of hydrogen-bond donors (Lipinski definition) is 2. The van der Waals surface area contributed by atoms with Crippen LogP contribution >= 0.6 is 0 Å². The lowest BCUT2D eigenvalue weighted by atomic mass is 10.3. The molecule has 0 unspecified atom stereocenters. The Kier molecular flexibility index (Phi) is 3.26. The number of rotatable bonds is 4. The molecule has 5 heteroatoms. The molecule has 0 saturated heterocycles. The highest BCUT2D eigenvalue weighted by Gasteiger charge is 2.04. The molecule has 2 N–H and O–H groups in total. The normalized spacial score (nSPS) is 10.9. The topological polar surface area (TPSA) is 66.5 Å². The molecule has 0 spiro atoms. The standard InChI is InChI=1S/C11H15N5/c1-8(2)14-6-9-5-10(16-15-9)11-7-12-3-4-13-11/h3-5,7-8,14H,6H2,1-2H3,(H,15,16). The molecule has 0 aliphatic rings. The van der Waals surface area contributed by atoms with Gasteiger partial charge in [0, 0.05) is 30.7 Å². The predicted octanol–water partition coefficient (Wildman–Crippen LogP) is 1.36. The lowest BCUT2D eigenvalue weighted by Crippen LogP contribution is -2.21. The summed E-state index contributed by atoms with van der Waals surface area (Å²) < 4.78 is 0. The van der Waals surface area contributed by atoms with Crippen LogP contribution in [0.1, 0.15) is 19.5 Å². The zero-order valence-corrected chi connectivity index (χ0v) is 9.44. The van der Waals surface area contributed by atoms with Crippen molar-refractivity contribution in [1.29, 1.82) is 0 Å². The first kappa shape index (κ1) is 10.8. The Hall–Kier alpha value is -1.75. The molecule has 0 fully saturated rings. The molecular weight excluding hydrogens is 202 g/mol. The fourth-order valence-electron chi connectivity index (χ4n) is 1.33. The van der Waals surface area contributed by atoms with Crippen LogP contribution in [-0.2, 0) is 6.54 Å². The van der Waals surface area contributed by atoms with Gasteiger partial charge < -0.3 is 5.32 Å². The molecule has 0 amide bonds. The van der Waals surface area contributed by atoms with Crippen LogP contribution in [0, 0.1) is 0 Å². The summed E-state index contributed by atoms with van der Waals surface area (Å²) in [5, 5.41) is 10.5. The van der Waals surface area contributed by atoms with Crippen molar-refractivity contribution < 1.29 is 0 Å². The molecule has 0 bridgehead atoms. The van der Waals surface area contributed by atoms with E-state index in [1.165, 1.54) is 0 Å². The SMILES string of the molecule is CC(C)NCc1cc(-c2cnccn2)n[nH]1. The van der Waals surface area contributed by atoms with Crippen LogP contribution in [0.25, 0.3) is 11.4 Å². The van der Waals surface area contributed by atoms with Gasteiger partial charge in [-0.2, -0.15) is 5.10 Å². The largest absolute Gasteiger partial charge is 0.309 e. The van der Waals surface area contributed by atoms with Crippen LogP contribution in [0.2, 0.25) is 0 Å². The van der Waals surface area contributed by atoms with Gasteiger partial charge in [-0.05, 0) is 6.07 Å². The second-order valence-corrected chi connectivity index (χ2v) is 3.90. The van der Waals surface area contributed by atoms with E-state index >= 15 is 0 Å². The van der Waals surface area contributed by atoms with Gasteiger partial charge >= 0.3 is 0 Å². The summed E-state index contributed by atoms with van der Waals surface area (Å²) in [6.07, 6.45) is 5.02. The van der Waals surface area contributed by atoms with E-state index in [1.54, 1.807) is 18.6 Å². The van der Waals surface area contributed by atoms with Crippen molar-refractivity contribution in [3.8, 4) is 11.4 Å². The maximum Gasteiger partial charge on any atom is 0.112 e. The van der Waals surface area contributed by atoms with Crippen molar-refractivity contribution in [1.82, 2.24) is 25.5 Å². The van der Waals surface area contributed by atoms with Crippen LogP contribution < -0.4 is 5.32 Å². The molecule has 0 saturated carbocycles. The van der Waals surface area contributed by atoms with Gasteiger partial charge in [0.2, 0.25) is 0 Å². The zero-order chi connectivity index (χ0) is 11.4. The van der Waals surface area contributed by atoms with Gasteiger partial charge in [-0.1, -0.05) is 13.8 Å². The smallest absolute Gasteiger partial charge is 0.112 e. The Balaban J connectivity index is 2.08. The molecule has 0 radical (unpaired) electrons. The monoisotopic (exact) mass is 217 g/mol. The van der Waals surface area contributed by atoms with Crippen LogP contribution in [0.4, 0.5) is 0 Å². The van der Waals surface area contributed by atoms with Crippen molar-refractivity contribution in [3.63, 3.8) is 0 Å². The Morgan fingerprint density at radius 1 is 1.31 bits per heavy atom. The summed E-state index contributed by atoms with van der Waals surface area (Å²) in [6, 6.07) is 2.45. The molecule has 2 rings (SSSR count). The van der Waals surface area contributed by atoms with Crippen LogP contribution in [0.3, 0.4) is 0 Å². The van der Waals surface area contributed by atoms with E-state index in [9.17, 15) is 0 Å². The highest BCUT2D eigenvalue weighted by Crippen LogP contribution is 2.12.